The van der Waals surface area contributed by atoms with Crippen molar-refractivity contribution in [2.45, 2.75) is 6.92 Å². The van der Waals surface area contributed by atoms with Gasteiger partial charge in [-0.25, -0.2) is 9.69 Å². The maximum atomic E-state index is 11.6. The number of hydrogen-bond donors (Lipinski definition) is 2. The molecule has 82 valence electrons. The van der Waals surface area contributed by atoms with Crippen molar-refractivity contribution < 1.29 is 19.5 Å². The third kappa shape index (κ3) is 1.29. The first-order chi connectivity index (χ1) is 7.52. The average molecular weight is 221 g/mol. The van der Waals surface area contributed by atoms with Gasteiger partial charge in [0.25, 0.3) is 11.8 Å². The van der Waals surface area contributed by atoms with Gasteiger partial charge in [-0.15, -0.1) is 0 Å². The fourth-order valence-corrected chi connectivity index (χ4v) is 1.41. The molecule has 2 rings (SSSR count). The molecule has 1 aliphatic rings. The number of carbonyl (C=O) groups excluding carboxylic acids is 2. The second kappa shape index (κ2) is 3.30. The summed E-state index contributed by atoms with van der Waals surface area (Å²) in [5.41, 5.74) is 0.0424. The average Bonchev–Trinajstić information content (AvgIpc) is 2.73. The number of hydrogen-bond acceptors (Lipinski definition) is 4. The van der Waals surface area contributed by atoms with Gasteiger partial charge in [0.2, 0.25) is 0 Å². The Kier molecular flexibility index (Phi) is 2.08. The lowest BCUT2D eigenvalue weighted by atomic mass is 10.3. The number of carboxylic acids is 1. The summed E-state index contributed by atoms with van der Waals surface area (Å²) in [6.45, 7) is 1.48. The van der Waals surface area contributed by atoms with Crippen LogP contribution in [0.1, 0.15) is 17.3 Å². The Hall–Kier alpha value is -2.44. The Morgan fingerprint density at radius 1 is 1.50 bits per heavy atom. The first-order valence-corrected chi connectivity index (χ1v) is 4.35. The molecule has 0 fully saturated rings. The zero-order valence-electron chi connectivity index (χ0n) is 8.22. The van der Waals surface area contributed by atoms with E-state index in [1.54, 1.807) is 0 Å². The van der Waals surface area contributed by atoms with Gasteiger partial charge in [0.1, 0.15) is 5.56 Å². The quantitative estimate of drug-likeness (QED) is 0.680. The first kappa shape index (κ1) is 10.1. The van der Waals surface area contributed by atoms with Crippen molar-refractivity contribution in [1.82, 2.24) is 10.2 Å². The van der Waals surface area contributed by atoms with E-state index in [4.69, 9.17) is 5.11 Å². The molecule has 0 bridgehead atoms. The van der Waals surface area contributed by atoms with Crippen molar-refractivity contribution in [3.05, 3.63) is 23.4 Å². The molecular formula is C9H7N3O4. The van der Waals surface area contributed by atoms with Crippen LogP contribution in [0.15, 0.2) is 17.8 Å². The van der Waals surface area contributed by atoms with E-state index >= 15 is 0 Å². The highest BCUT2D eigenvalue weighted by molar-refractivity contribution is 6.30. The molecule has 7 heteroatoms. The number of aromatic amines is 1. The van der Waals surface area contributed by atoms with Gasteiger partial charge in [0.05, 0.1) is 6.20 Å². The summed E-state index contributed by atoms with van der Waals surface area (Å²) in [6, 6.07) is 0. The highest BCUT2D eigenvalue weighted by atomic mass is 16.4. The fraction of sp³-hybridized carbons (Fsp3) is 0.111. The van der Waals surface area contributed by atoms with Gasteiger partial charge in [0, 0.05) is 11.6 Å². The summed E-state index contributed by atoms with van der Waals surface area (Å²) < 4.78 is 0. The number of carbonyl (C=O) groups is 3. The van der Waals surface area contributed by atoms with Crippen molar-refractivity contribution in [1.29, 1.82) is 0 Å². The maximum Gasteiger partial charge on any atom is 0.341 e. The number of nitrogens with zero attached hydrogens (tertiary/aromatic N) is 2. The number of amides is 2. The monoisotopic (exact) mass is 221 g/mol. The highest BCUT2D eigenvalue weighted by Gasteiger charge is 2.33. The second-order valence-electron chi connectivity index (χ2n) is 3.24. The van der Waals surface area contributed by atoms with Gasteiger partial charge in [-0.3, -0.25) is 14.7 Å². The molecule has 0 saturated heterocycles. The van der Waals surface area contributed by atoms with Gasteiger partial charge < -0.3 is 5.11 Å². The highest BCUT2D eigenvalue weighted by Crippen LogP contribution is 2.23. The van der Waals surface area contributed by atoms with Crippen molar-refractivity contribution in [3.8, 4) is 0 Å². The van der Waals surface area contributed by atoms with Gasteiger partial charge in [-0.1, -0.05) is 0 Å². The van der Waals surface area contributed by atoms with Crippen LogP contribution in [-0.4, -0.2) is 33.1 Å². The van der Waals surface area contributed by atoms with E-state index in [0.29, 0.717) is 0 Å². The van der Waals surface area contributed by atoms with Crippen molar-refractivity contribution in [3.63, 3.8) is 0 Å². The lowest BCUT2D eigenvalue weighted by Gasteiger charge is -2.12. The Morgan fingerprint density at radius 2 is 2.19 bits per heavy atom. The molecule has 2 N–H and O–H groups in total. The van der Waals surface area contributed by atoms with Gasteiger partial charge in [-0.05, 0) is 6.92 Å². The Labute approximate surface area is 89.4 Å². The van der Waals surface area contributed by atoms with E-state index in [1.165, 1.54) is 6.92 Å². The minimum atomic E-state index is -1.26. The van der Waals surface area contributed by atoms with Gasteiger partial charge >= 0.3 is 5.97 Å². The molecule has 0 saturated carbocycles. The number of nitrogens with one attached hydrogen (secondary N) is 1. The predicted octanol–water partition coefficient (Wildman–Crippen LogP) is -0.0726. The van der Waals surface area contributed by atoms with Crippen LogP contribution in [0.2, 0.25) is 0 Å². The molecular weight excluding hydrogens is 214 g/mol. The van der Waals surface area contributed by atoms with Gasteiger partial charge in [-0.2, -0.15) is 5.10 Å². The zero-order chi connectivity index (χ0) is 11.9. The standard InChI is InChI=1S/C9H7N3O4/c1-4-2-6(13)12(8(4)14)7-5(9(15)16)3-10-11-7/h2-3H,1H3,(H,10,11)(H,15,16). The van der Waals surface area contributed by atoms with Crippen LogP contribution in [0, 0.1) is 0 Å². The molecule has 2 heterocycles. The summed E-state index contributed by atoms with van der Waals surface area (Å²) in [6.07, 6.45) is 2.20. The third-order valence-electron chi connectivity index (χ3n) is 2.17. The molecule has 16 heavy (non-hydrogen) atoms. The predicted molar refractivity (Wildman–Crippen MR) is 51.8 cm³/mol. The smallest absolute Gasteiger partial charge is 0.341 e. The van der Waals surface area contributed by atoms with E-state index in [2.05, 4.69) is 10.2 Å². The molecule has 1 aromatic heterocycles. The Bertz CT molecular complexity index is 529. The molecule has 0 spiro atoms. The van der Waals surface area contributed by atoms with E-state index in [9.17, 15) is 14.4 Å². The molecule has 0 unspecified atom stereocenters. The molecule has 0 aromatic carbocycles. The minimum absolute atomic E-state index is 0.115. The first-order valence-electron chi connectivity index (χ1n) is 4.35. The molecule has 2 amide bonds. The fourth-order valence-electron chi connectivity index (χ4n) is 1.41. The van der Waals surface area contributed by atoms with Crippen LogP contribution in [0.4, 0.5) is 5.82 Å². The molecule has 7 nitrogen and oxygen atoms in total. The van der Waals surface area contributed by atoms with E-state index < -0.39 is 17.8 Å². The number of imide groups is 1. The van der Waals surface area contributed by atoms with E-state index in [0.717, 1.165) is 17.2 Å². The molecule has 1 aliphatic heterocycles. The van der Waals surface area contributed by atoms with E-state index in [-0.39, 0.29) is 17.0 Å². The van der Waals surface area contributed by atoms with Crippen LogP contribution >= 0.6 is 0 Å². The number of H-pyrrole nitrogens is 1. The number of carboxylic acid groups (broad SMARTS) is 1. The van der Waals surface area contributed by atoms with Crippen LogP contribution in [-0.2, 0) is 9.59 Å². The lowest BCUT2D eigenvalue weighted by Crippen LogP contribution is -2.32. The Morgan fingerprint density at radius 3 is 2.69 bits per heavy atom. The maximum absolute atomic E-state index is 11.6. The third-order valence-corrected chi connectivity index (χ3v) is 2.17. The summed E-state index contributed by atoms with van der Waals surface area (Å²) in [5.74, 6) is -2.49. The lowest BCUT2D eigenvalue weighted by molar-refractivity contribution is -0.120. The van der Waals surface area contributed by atoms with Crippen molar-refractivity contribution >= 4 is 23.6 Å². The Balaban J connectivity index is 2.47. The van der Waals surface area contributed by atoms with Crippen LogP contribution < -0.4 is 4.90 Å². The molecule has 0 radical (unpaired) electrons. The SMILES string of the molecule is CC1=CC(=O)N(c2[nH]ncc2C(=O)O)C1=O. The van der Waals surface area contributed by atoms with Crippen LogP contribution in [0.3, 0.4) is 0 Å². The summed E-state index contributed by atoms with van der Waals surface area (Å²) in [7, 11) is 0. The number of aromatic carboxylic acids is 1. The summed E-state index contributed by atoms with van der Waals surface area (Å²) in [4.78, 5) is 34.6. The normalized spacial score (nSPS) is 15.6. The van der Waals surface area contributed by atoms with Gasteiger partial charge in [0.15, 0.2) is 5.82 Å². The topological polar surface area (TPSA) is 103 Å². The van der Waals surface area contributed by atoms with Crippen molar-refractivity contribution in [2.75, 3.05) is 4.90 Å². The number of rotatable bonds is 2. The van der Waals surface area contributed by atoms with E-state index in [1.807, 2.05) is 0 Å². The van der Waals surface area contributed by atoms with Crippen LogP contribution in [0.25, 0.3) is 0 Å². The molecule has 0 aliphatic carbocycles. The summed E-state index contributed by atoms with van der Waals surface area (Å²) >= 11 is 0. The summed E-state index contributed by atoms with van der Waals surface area (Å²) in [5, 5.41) is 14.7. The number of aromatic nitrogens is 2. The van der Waals surface area contributed by atoms with Crippen LogP contribution in [0.5, 0.6) is 0 Å². The number of anilines is 1. The van der Waals surface area contributed by atoms with Crippen molar-refractivity contribution in [2.24, 2.45) is 0 Å². The largest absolute Gasteiger partial charge is 0.477 e. The zero-order valence-corrected chi connectivity index (χ0v) is 8.22. The minimum Gasteiger partial charge on any atom is -0.477 e. The molecule has 0 atom stereocenters. The molecule has 1 aromatic rings. The second-order valence-corrected chi connectivity index (χ2v) is 3.24.